The van der Waals surface area contributed by atoms with Crippen LogP contribution in [-0.4, -0.2) is 35.6 Å². The fourth-order valence-corrected chi connectivity index (χ4v) is 2.08. The van der Waals surface area contributed by atoms with E-state index in [1.54, 1.807) is 7.05 Å². The number of esters is 1. The number of carbonyl (C=O) groups is 1. The second-order valence-electron chi connectivity index (χ2n) is 4.51. The van der Waals surface area contributed by atoms with Crippen molar-refractivity contribution in [1.29, 1.82) is 0 Å². The predicted octanol–water partition coefficient (Wildman–Crippen LogP) is 0.758. The highest BCUT2D eigenvalue weighted by Gasteiger charge is 2.23. The fraction of sp³-hybridized carbons (Fsp3) is 0.667. The van der Waals surface area contributed by atoms with E-state index in [0.29, 0.717) is 36.9 Å². The molecular weight excluding hydrogens is 234 g/mol. The first kappa shape index (κ1) is 12.9. The Kier molecular flexibility index (Phi) is 3.86. The highest BCUT2D eigenvalue weighted by Crippen LogP contribution is 2.19. The number of aryl methyl sites for hydroxylation is 2. The maximum Gasteiger partial charge on any atom is 0.358 e. The van der Waals surface area contributed by atoms with Crippen LogP contribution in [0.4, 0.5) is 5.69 Å². The number of hydrogen-bond donors (Lipinski definition) is 1. The van der Waals surface area contributed by atoms with Gasteiger partial charge in [-0.25, -0.2) is 4.79 Å². The molecule has 1 aliphatic rings. The van der Waals surface area contributed by atoms with Crippen molar-refractivity contribution in [3.63, 3.8) is 0 Å². The average molecular weight is 253 g/mol. The van der Waals surface area contributed by atoms with Gasteiger partial charge in [-0.1, -0.05) is 6.92 Å². The number of hydrogen-bond acceptors (Lipinski definition) is 5. The zero-order valence-electron chi connectivity index (χ0n) is 10.8. The normalized spacial score (nSPS) is 19.1. The second kappa shape index (κ2) is 5.39. The Labute approximate surface area is 106 Å². The highest BCUT2D eigenvalue weighted by atomic mass is 16.5. The lowest BCUT2D eigenvalue weighted by molar-refractivity contribution is 0.0417. The molecule has 1 aliphatic heterocycles. The van der Waals surface area contributed by atoms with Gasteiger partial charge in [0.25, 0.3) is 0 Å². The van der Waals surface area contributed by atoms with E-state index in [2.05, 4.69) is 5.10 Å². The van der Waals surface area contributed by atoms with E-state index >= 15 is 0 Å². The number of rotatable bonds is 4. The van der Waals surface area contributed by atoms with Gasteiger partial charge in [-0.15, -0.1) is 0 Å². The number of aromatic nitrogens is 2. The molecule has 0 saturated carbocycles. The summed E-state index contributed by atoms with van der Waals surface area (Å²) < 4.78 is 12.0. The van der Waals surface area contributed by atoms with Crippen molar-refractivity contribution in [2.24, 2.45) is 13.0 Å². The molecule has 2 heterocycles. The van der Waals surface area contributed by atoms with Gasteiger partial charge in [0.15, 0.2) is 5.69 Å². The molecule has 0 spiro atoms. The van der Waals surface area contributed by atoms with E-state index in [9.17, 15) is 4.79 Å². The molecule has 0 bridgehead atoms. The first-order valence-corrected chi connectivity index (χ1v) is 6.19. The molecular formula is C12H19N3O3. The lowest BCUT2D eigenvalue weighted by atomic mass is 10.1. The van der Waals surface area contributed by atoms with E-state index in [1.165, 1.54) is 4.68 Å². The molecule has 2 N–H and O–H groups in total. The molecule has 0 aromatic carbocycles. The SMILES string of the molecule is CCc1nn(C)c(C(=O)OCC2CCOC2)c1N. The van der Waals surface area contributed by atoms with Gasteiger partial charge in [-0.05, 0) is 12.8 Å². The largest absolute Gasteiger partial charge is 0.461 e. The Morgan fingerprint density at radius 2 is 2.44 bits per heavy atom. The Bertz CT molecular complexity index is 436. The summed E-state index contributed by atoms with van der Waals surface area (Å²) in [6, 6.07) is 0. The van der Waals surface area contributed by atoms with E-state index in [1.807, 2.05) is 6.92 Å². The van der Waals surface area contributed by atoms with Gasteiger partial charge in [0.05, 0.1) is 24.6 Å². The Balaban J connectivity index is 2.01. The van der Waals surface area contributed by atoms with Crippen LogP contribution in [0.1, 0.15) is 29.5 Å². The van der Waals surface area contributed by atoms with E-state index in [-0.39, 0.29) is 0 Å². The van der Waals surface area contributed by atoms with Crippen molar-refractivity contribution in [2.75, 3.05) is 25.6 Å². The van der Waals surface area contributed by atoms with Crippen molar-refractivity contribution in [1.82, 2.24) is 9.78 Å². The van der Waals surface area contributed by atoms with Crippen LogP contribution in [0.5, 0.6) is 0 Å². The quantitative estimate of drug-likeness (QED) is 0.801. The minimum Gasteiger partial charge on any atom is -0.461 e. The monoisotopic (exact) mass is 253 g/mol. The maximum atomic E-state index is 12.0. The summed E-state index contributed by atoms with van der Waals surface area (Å²) in [5.74, 6) is -0.108. The molecule has 100 valence electrons. The van der Waals surface area contributed by atoms with E-state index in [0.717, 1.165) is 18.7 Å². The van der Waals surface area contributed by atoms with Crippen LogP contribution in [0.25, 0.3) is 0 Å². The van der Waals surface area contributed by atoms with Crippen molar-refractivity contribution < 1.29 is 14.3 Å². The molecule has 1 saturated heterocycles. The molecule has 1 unspecified atom stereocenters. The Morgan fingerprint density at radius 1 is 1.67 bits per heavy atom. The fourth-order valence-electron chi connectivity index (χ4n) is 2.08. The standard InChI is InChI=1S/C12H19N3O3/c1-3-9-10(13)11(15(2)14-9)12(16)18-7-8-4-5-17-6-8/h8H,3-7,13H2,1-2H3. The number of nitrogens with two attached hydrogens (primary N) is 1. The highest BCUT2D eigenvalue weighted by molar-refractivity contribution is 5.93. The molecule has 1 atom stereocenters. The molecule has 1 fully saturated rings. The summed E-state index contributed by atoms with van der Waals surface area (Å²) in [5, 5.41) is 4.20. The Morgan fingerprint density at radius 3 is 3.00 bits per heavy atom. The van der Waals surface area contributed by atoms with Gasteiger partial charge in [0, 0.05) is 19.6 Å². The van der Waals surface area contributed by atoms with E-state index < -0.39 is 5.97 Å². The van der Waals surface area contributed by atoms with Crippen molar-refractivity contribution >= 4 is 11.7 Å². The van der Waals surface area contributed by atoms with Crippen LogP contribution < -0.4 is 5.73 Å². The Hall–Kier alpha value is -1.56. The minimum atomic E-state index is -0.408. The molecule has 0 amide bonds. The summed E-state index contributed by atoms with van der Waals surface area (Å²) in [5.41, 5.74) is 7.38. The lowest BCUT2D eigenvalue weighted by Gasteiger charge is -2.09. The lowest BCUT2D eigenvalue weighted by Crippen LogP contribution is -2.17. The molecule has 1 aromatic heterocycles. The molecule has 0 radical (unpaired) electrons. The first-order valence-electron chi connectivity index (χ1n) is 6.19. The van der Waals surface area contributed by atoms with Gasteiger partial charge < -0.3 is 15.2 Å². The van der Waals surface area contributed by atoms with Crippen LogP contribution in [0.3, 0.4) is 0 Å². The van der Waals surface area contributed by atoms with Crippen LogP contribution in [-0.2, 0) is 22.9 Å². The third kappa shape index (κ3) is 2.48. The number of ether oxygens (including phenoxy) is 2. The molecule has 1 aromatic rings. The second-order valence-corrected chi connectivity index (χ2v) is 4.51. The van der Waals surface area contributed by atoms with Gasteiger partial charge in [-0.2, -0.15) is 5.10 Å². The smallest absolute Gasteiger partial charge is 0.358 e. The van der Waals surface area contributed by atoms with Crippen LogP contribution >= 0.6 is 0 Å². The van der Waals surface area contributed by atoms with Crippen LogP contribution in [0.2, 0.25) is 0 Å². The topological polar surface area (TPSA) is 79.4 Å². The maximum absolute atomic E-state index is 12.0. The third-order valence-corrected chi connectivity index (χ3v) is 3.16. The van der Waals surface area contributed by atoms with Crippen LogP contribution in [0.15, 0.2) is 0 Å². The van der Waals surface area contributed by atoms with E-state index in [4.69, 9.17) is 15.2 Å². The molecule has 6 heteroatoms. The third-order valence-electron chi connectivity index (χ3n) is 3.16. The molecule has 2 rings (SSSR count). The summed E-state index contributed by atoms with van der Waals surface area (Å²) >= 11 is 0. The molecule has 6 nitrogen and oxygen atoms in total. The van der Waals surface area contributed by atoms with Crippen LogP contribution in [0, 0.1) is 5.92 Å². The van der Waals surface area contributed by atoms with Crippen molar-refractivity contribution in [3.8, 4) is 0 Å². The number of carbonyl (C=O) groups excluding carboxylic acids is 1. The molecule has 18 heavy (non-hydrogen) atoms. The first-order chi connectivity index (χ1) is 8.63. The summed E-state index contributed by atoms with van der Waals surface area (Å²) in [7, 11) is 1.70. The zero-order chi connectivity index (χ0) is 13.1. The average Bonchev–Trinajstić information content (AvgIpc) is 2.94. The minimum absolute atomic E-state index is 0.300. The van der Waals surface area contributed by atoms with Crippen molar-refractivity contribution in [2.45, 2.75) is 19.8 Å². The van der Waals surface area contributed by atoms with Gasteiger partial charge in [0.2, 0.25) is 0 Å². The zero-order valence-corrected chi connectivity index (χ0v) is 10.8. The van der Waals surface area contributed by atoms with Gasteiger partial charge >= 0.3 is 5.97 Å². The summed E-state index contributed by atoms with van der Waals surface area (Å²) in [4.78, 5) is 12.0. The van der Waals surface area contributed by atoms with Crippen molar-refractivity contribution in [3.05, 3.63) is 11.4 Å². The van der Waals surface area contributed by atoms with Gasteiger partial charge in [0.1, 0.15) is 0 Å². The number of anilines is 1. The predicted molar refractivity (Wildman–Crippen MR) is 66.2 cm³/mol. The number of nitrogens with zero attached hydrogens (tertiary/aromatic N) is 2. The number of nitrogen functional groups attached to an aromatic ring is 1. The molecule has 0 aliphatic carbocycles. The summed E-state index contributed by atoms with van der Waals surface area (Å²) in [6.07, 6.45) is 1.64. The summed E-state index contributed by atoms with van der Waals surface area (Å²) in [6.45, 7) is 3.74. The van der Waals surface area contributed by atoms with Gasteiger partial charge in [-0.3, -0.25) is 4.68 Å².